The summed E-state index contributed by atoms with van der Waals surface area (Å²) in [7, 11) is 0. The molecule has 2 aromatic heterocycles. The minimum absolute atomic E-state index is 0.136. The minimum atomic E-state index is -0.202. The molecular formula is C19H14N4O2. The van der Waals surface area contributed by atoms with Crippen molar-refractivity contribution in [3.05, 3.63) is 66.0 Å². The highest BCUT2D eigenvalue weighted by Crippen LogP contribution is 2.43. The zero-order valence-electron chi connectivity index (χ0n) is 13.1. The Bertz CT molecular complexity index is 1120. The Morgan fingerprint density at radius 3 is 2.72 bits per heavy atom. The standard InChI is InChI=1S/C19H14N4O2/c24-15-6-5-10(7-16(15)25)18-13-8-20-19-17(13)12(9-21-23-19)11-3-1-2-4-14(11)22-18/h1-9,18,22,24-25H,(H,20,23). The molecule has 0 amide bonds. The van der Waals surface area contributed by atoms with Crippen molar-refractivity contribution in [3.8, 4) is 22.6 Å². The molecule has 0 saturated heterocycles. The van der Waals surface area contributed by atoms with E-state index in [-0.39, 0.29) is 17.5 Å². The number of anilines is 1. The third kappa shape index (κ3) is 1.97. The molecule has 4 N–H and O–H groups in total. The molecule has 0 fully saturated rings. The number of aromatic nitrogens is 3. The summed E-state index contributed by atoms with van der Waals surface area (Å²) in [4.78, 5) is 3.18. The minimum Gasteiger partial charge on any atom is -0.504 e. The summed E-state index contributed by atoms with van der Waals surface area (Å²) in [5.41, 5.74) is 5.62. The van der Waals surface area contributed by atoms with Crippen molar-refractivity contribution in [1.82, 2.24) is 15.2 Å². The van der Waals surface area contributed by atoms with Crippen molar-refractivity contribution in [2.24, 2.45) is 0 Å². The molecule has 1 aliphatic heterocycles. The molecule has 122 valence electrons. The third-order valence-electron chi connectivity index (χ3n) is 4.66. The smallest absolute Gasteiger partial charge is 0.160 e. The number of nitrogens with one attached hydrogen (secondary N) is 2. The van der Waals surface area contributed by atoms with E-state index in [1.807, 2.05) is 30.5 Å². The highest BCUT2D eigenvalue weighted by molar-refractivity contribution is 6.00. The number of rotatable bonds is 1. The molecule has 1 atom stereocenters. The maximum atomic E-state index is 9.93. The summed E-state index contributed by atoms with van der Waals surface area (Å²) in [5.74, 6) is -0.278. The maximum absolute atomic E-state index is 9.93. The number of hydrogen-bond acceptors (Lipinski definition) is 5. The second-order valence-electron chi connectivity index (χ2n) is 6.10. The fourth-order valence-electron chi connectivity index (χ4n) is 3.49. The van der Waals surface area contributed by atoms with Gasteiger partial charge >= 0.3 is 0 Å². The van der Waals surface area contributed by atoms with E-state index in [1.165, 1.54) is 6.07 Å². The molecule has 4 aromatic rings. The summed E-state index contributed by atoms with van der Waals surface area (Å²) >= 11 is 0. The van der Waals surface area contributed by atoms with Gasteiger partial charge in [-0.05, 0) is 23.8 Å². The molecule has 0 saturated carbocycles. The van der Waals surface area contributed by atoms with Gasteiger partial charge in [-0.2, -0.15) is 5.10 Å². The Balaban J connectivity index is 1.83. The van der Waals surface area contributed by atoms with E-state index in [4.69, 9.17) is 0 Å². The summed E-state index contributed by atoms with van der Waals surface area (Å²) in [5, 5.41) is 32.4. The molecule has 0 bridgehead atoms. The highest BCUT2D eigenvalue weighted by Gasteiger charge is 2.26. The van der Waals surface area contributed by atoms with Gasteiger partial charge in [0.05, 0.1) is 12.2 Å². The van der Waals surface area contributed by atoms with E-state index >= 15 is 0 Å². The molecule has 5 rings (SSSR count). The molecule has 25 heavy (non-hydrogen) atoms. The average molecular weight is 330 g/mol. The molecule has 0 radical (unpaired) electrons. The van der Waals surface area contributed by atoms with E-state index in [2.05, 4.69) is 20.5 Å². The van der Waals surface area contributed by atoms with Crippen LogP contribution in [0, 0.1) is 0 Å². The van der Waals surface area contributed by atoms with Crippen LogP contribution in [0.25, 0.3) is 22.2 Å². The first kappa shape index (κ1) is 13.9. The van der Waals surface area contributed by atoms with Gasteiger partial charge in [-0.1, -0.05) is 24.3 Å². The average Bonchev–Trinajstić information content (AvgIpc) is 3.00. The molecule has 1 aliphatic rings. The monoisotopic (exact) mass is 330 g/mol. The Labute approximate surface area is 142 Å². The van der Waals surface area contributed by atoms with E-state index in [0.717, 1.165) is 39.0 Å². The van der Waals surface area contributed by atoms with Gasteiger partial charge in [0.15, 0.2) is 17.1 Å². The van der Waals surface area contributed by atoms with E-state index in [0.29, 0.717) is 0 Å². The normalized spacial score (nSPS) is 15.4. The molecule has 6 nitrogen and oxygen atoms in total. The Morgan fingerprint density at radius 1 is 0.960 bits per heavy atom. The summed E-state index contributed by atoms with van der Waals surface area (Å²) in [6.45, 7) is 0. The van der Waals surface area contributed by atoms with E-state index in [9.17, 15) is 10.2 Å². The van der Waals surface area contributed by atoms with Crippen LogP contribution in [0.5, 0.6) is 11.5 Å². The van der Waals surface area contributed by atoms with E-state index in [1.54, 1.807) is 18.3 Å². The molecular weight excluding hydrogens is 316 g/mol. The first-order valence-electron chi connectivity index (χ1n) is 7.93. The van der Waals surface area contributed by atoms with Crippen LogP contribution in [0.4, 0.5) is 5.69 Å². The topological polar surface area (TPSA) is 94.1 Å². The van der Waals surface area contributed by atoms with Gasteiger partial charge in [0.25, 0.3) is 0 Å². The first-order chi connectivity index (χ1) is 12.2. The predicted octanol–water partition coefficient (Wildman–Crippen LogP) is 3.55. The number of fused-ring (bicyclic) bond motifs is 2. The largest absolute Gasteiger partial charge is 0.504 e. The lowest BCUT2D eigenvalue weighted by molar-refractivity contribution is 0.403. The van der Waals surface area contributed by atoms with Crippen LogP contribution in [0.15, 0.2) is 54.9 Å². The SMILES string of the molecule is Oc1ccc(C2Nc3ccccc3-c3cnnc4[nH]cc2c34)cc1O. The van der Waals surface area contributed by atoms with Crippen molar-refractivity contribution in [2.75, 3.05) is 5.32 Å². The zero-order valence-corrected chi connectivity index (χ0v) is 13.1. The predicted molar refractivity (Wildman–Crippen MR) is 94.6 cm³/mol. The van der Waals surface area contributed by atoms with Gasteiger partial charge in [0, 0.05) is 34.0 Å². The van der Waals surface area contributed by atoms with Gasteiger partial charge < -0.3 is 20.5 Å². The molecule has 2 aromatic carbocycles. The van der Waals surface area contributed by atoms with Crippen LogP contribution in [0.2, 0.25) is 0 Å². The second-order valence-corrected chi connectivity index (χ2v) is 6.10. The fraction of sp³-hybridized carbons (Fsp3) is 0.0526. The van der Waals surface area contributed by atoms with Crippen LogP contribution in [0.3, 0.4) is 0 Å². The van der Waals surface area contributed by atoms with Crippen molar-refractivity contribution in [1.29, 1.82) is 0 Å². The Kier molecular flexibility index (Phi) is 2.76. The zero-order chi connectivity index (χ0) is 17.0. The molecule has 6 heteroatoms. The van der Waals surface area contributed by atoms with Gasteiger partial charge in [0.1, 0.15) is 0 Å². The summed E-state index contributed by atoms with van der Waals surface area (Å²) < 4.78 is 0. The number of para-hydroxylation sites is 1. The number of nitrogens with zero attached hydrogens (tertiary/aromatic N) is 2. The van der Waals surface area contributed by atoms with Crippen LogP contribution >= 0.6 is 0 Å². The van der Waals surface area contributed by atoms with Crippen molar-refractivity contribution in [3.63, 3.8) is 0 Å². The molecule has 3 heterocycles. The fourth-order valence-corrected chi connectivity index (χ4v) is 3.49. The third-order valence-corrected chi connectivity index (χ3v) is 4.66. The Hall–Kier alpha value is -3.54. The van der Waals surface area contributed by atoms with Crippen molar-refractivity contribution >= 4 is 16.7 Å². The number of hydrogen-bond donors (Lipinski definition) is 4. The maximum Gasteiger partial charge on any atom is 0.160 e. The second kappa shape index (κ2) is 4.98. The van der Waals surface area contributed by atoms with Gasteiger partial charge in [0.2, 0.25) is 0 Å². The number of aromatic amines is 1. The van der Waals surface area contributed by atoms with Gasteiger partial charge in [-0.15, -0.1) is 5.10 Å². The van der Waals surface area contributed by atoms with Crippen molar-refractivity contribution < 1.29 is 10.2 Å². The number of phenols is 2. The first-order valence-corrected chi connectivity index (χ1v) is 7.93. The molecule has 0 spiro atoms. The lowest BCUT2D eigenvalue weighted by Gasteiger charge is -2.20. The number of H-pyrrole nitrogens is 1. The number of benzene rings is 2. The van der Waals surface area contributed by atoms with E-state index < -0.39 is 0 Å². The quantitative estimate of drug-likeness (QED) is 0.400. The Morgan fingerprint density at radius 2 is 1.84 bits per heavy atom. The number of phenolic OH excluding ortho intramolecular Hbond substituents is 2. The lowest BCUT2D eigenvalue weighted by atomic mass is 9.97. The van der Waals surface area contributed by atoms with Gasteiger partial charge in [-0.3, -0.25) is 0 Å². The summed E-state index contributed by atoms with van der Waals surface area (Å²) in [6.07, 6.45) is 3.69. The van der Waals surface area contributed by atoms with Gasteiger partial charge in [-0.25, -0.2) is 0 Å². The van der Waals surface area contributed by atoms with Crippen LogP contribution < -0.4 is 5.32 Å². The highest BCUT2D eigenvalue weighted by atomic mass is 16.3. The number of aromatic hydroxyl groups is 2. The molecule has 0 aliphatic carbocycles. The van der Waals surface area contributed by atoms with Crippen LogP contribution in [-0.2, 0) is 0 Å². The molecule has 1 unspecified atom stereocenters. The van der Waals surface area contributed by atoms with Crippen LogP contribution in [0.1, 0.15) is 17.2 Å². The summed E-state index contributed by atoms with van der Waals surface area (Å²) in [6, 6.07) is 12.7. The van der Waals surface area contributed by atoms with Crippen LogP contribution in [-0.4, -0.2) is 25.4 Å². The lowest BCUT2D eigenvalue weighted by Crippen LogP contribution is -2.11. The van der Waals surface area contributed by atoms with Crippen molar-refractivity contribution in [2.45, 2.75) is 6.04 Å².